The molecule has 1 amide bonds. The van der Waals surface area contributed by atoms with Crippen LogP contribution >= 0.6 is 0 Å². The zero-order valence-electron chi connectivity index (χ0n) is 17.2. The molecule has 0 bridgehead atoms. The minimum absolute atomic E-state index is 0.0376. The smallest absolute Gasteiger partial charge is 0.267 e. The van der Waals surface area contributed by atoms with Crippen LogP contribution in [-0.2, 0) is 4.79 Å². The largest absolute Gasteiger partial charge is 0.317 e. The van der Waals surface area contributed by atoms with E-state index in [0.717, 1.165) is 44.1 Å². The molecule has 31 heavy (non-hydrogen) atoms. The van der Waals surface area contributed by atoms with Crippen molar-refractivity contribution in [3.05, 3.63) is 59.7 Å². The summed E-state index contributed by atoms with van der Waals surface area (Å²) in [5, 5.41) is 8.66. The number of hydrogen-bond donors (Lipinski definition) is 2. The molecule has 0 spiro atoms. The molecule has 4 rings (SSSR count). The highest BCUT2D eigenvalue weighted by atomic mass is 19.2. The Balaban J connectivity index is 1.86. The fourth-order valence-corrected chi connectivity index (χ4v) is 4.20. The van der Waals surface area contributed by atoms with E-state index in [4.69, 9.17) is 5.21 Å². The highest BCUT2D eigenvalue weighted by Gasteiger charge is 2.27. The van der Waals surface area contributed by atoms with Crippen molar-refractivity contribution < 1.29 is 18.8 Å². The van der Waals surface area contributed by atoms with Gasteiger partial charge in [0.05, 0.1) is 5.52 Å². The van der Waals surface area contributed by atoms with Crippen LogP contribution in [0.4, 0.5) is 8.78 Å². The molecule has 0 unspecified atom stereocenters. The second-order valence-electron chi connectivity index (χ2n) is 7.66. The fraction of sp³-hybridized carbons (Fsp3) is 0.304. The van der Waals surface area contributed by atoms with Crippen LogP contribution in [0.5, 0.6) is 0 Å². The quantitative estimate of drug-likeness (QED) is 0.365. The number of amides is 1. The van der Waals surface area contributed by atoms with Gasteiger partial charge in [0.2, 0.25) is 0 Å². The fourth-order valence-electron chi connectivity index (χ4n) is 4.20. The predicted octanol–water partition coefficient (Wildman–Crippen LogP) is 4.16. The van der Waals surface area contributed by atoms with Gasteiger partial charge in [0.15, 0.2) is 11.6 Å². The van der Waals surface area contributed by atoms with Gasteiger partial charge in [-0.25, -0.2) is 19.2 Å². The molecule has 1 fully saturated rings. The van der Waals surface area contributed by atoms with Crippen molar-refractivity contribution in [2.24, 2.45) is 0 Å². The third-order valence-corrected chi connectivity index (χ3v) is 5.72. The summed E-state index contributed by atoms with van der Waals surface area (Å²) in [5.41, 5.74) is 3.58. The van der Waals surface area contributed by atoms with E-state index < -0.39 is 17.5 Å². The van der Waals surface area contributed by atoms with Gasteiger partial charge >= 0.3 is 0 Å². The number of hydrogen-bond acceptors (Lipinski definition) is 4. The molecule has 0 radical (unpaired) electrons. The molecule has 0 saturated carbocycles. The summed E-state index contributed by atoms with van der Waals surface area (Å²) in [6.45, 7) is 4.70. The molecule has 1 aliphatic rings. The maximum absolute atomic E-state index is 14.9. The van der Waals surface area contributed by atoms with Gasteiger partial charge in [-0.05, 0) is 55.8 Å². The second-order valence-corrected chi connectivity index (χ2v) is 7.66. The Morgan fingerprint density at radius 3 is 2.94 bits per heavy atom. The minimum Gasteiger partial charge on any atom is -0.317 e. The van der Waals surface area contributed by atoms with Gasteiger partial charge < -0.3 is 9.47 Å². The van der Waals surface area contributed by atoms with E-state index in [1.165, 1.54) is 12.1 Å². The Morgan fingerprint density at radius 1 is 1.32 bits per heavy atom. The van der Waals surface area contributed by atoms with Gasteiger partial charge in [0.25, 0.3) is 5.91 Å². The molecule has 8 heteroatoms. The number of rotatable bonds is 5. The van der Waals surface area contributed by atoms with Crippen LogP contribution in [0.1, 0.15) is 31.4 Å². The zero-order valence-corrected chi connectivity index (χ0v) is 17.2. The average molecular weight is 426 g/mol. The van der Waals surface area contributed by atoms with E-state index >= 15 is 0 Å². The Labute approximate surface area is 178 Å². The molecule has 6 nitrogen and oxygen atoms in total. The van der Waals surface area contributed by atoms with Crippen LogP contribution in [0.3, 0.4) is 0 Å². The first-order valence-corrected chi connectivity index (χ1v) is 10.3. The Hall–Kier alpha value is -3.10. The number of piperidine rings is 1. The van der Waals surface area contributed by atoms with Crippen LogP contribution < -0.4 is 5.48 Å². The van der Waals surface area contributed by atoms with Gasteiger partial charge in [-0.2, -0.15) is 0 Å². The first-order valence-electron chi connectivity index (χ1n) is 10.3. The maximum atomic E-state index is 14.9. The standard InChI is InChI=1S/C23H24F2N4O2/c1-2-28-12-4-7-17(14-28)29-22-19(10-9-18(24)21(22)25)26-23(29)16-6-3-5-15(13-16)8-11-20(30)27-31/h3,5-6,8-11,13,17,31H,2,4,7,12,14H2,1H3,(H,27,30)/t17-/m1/s1. The Morgan fingerprint density at radius 2 is 2.16 bits per heavy atom. The number of fused-ring (bicyclic) bond motifs is 1. The molecule has 1 aromatic heterocycles. The maximum Gasteiger partial charge on any atom is 0.267 e. The number of aromatic nitrogens is 2. The number of nitrogens with one attached hydrogen (secondary N) is 1. The topological polar surface area (TPSA) is 70.4 Å². The van der Waals surface area contributed by atoms with Crippen molar-refractivity contribution in [2.45, 2.75) is 25.8 Å². The second kappa shape index (κ2) is 8.95. The molecule has 2 N–H and O–H groups in total. The summed E-state index contributed by atoms with van der Waals surface area (Å²) in [4.78, 5) is 18.3. The average Bonchev–Trinajstić information content (AvgIpc) is 3.20. The zero-order chi connectivity index (χ0) is 22.0. The van der Waals surface area contributed by atoms with E-state index in [-0.39, 0.29) is 11.6 Å². The van der Waals surface area contributed by atoms with Crippen LogP contribution in [0, 0.1) is 11.6 Å². The lowest BCUT2D eigenvalue weighted by Gasteiger charge is -2.33. The van der Waals surface area contributed by atoms with E-state index in [1.807, 2.05) is 22.8 Å². The number of benzene rings is 2. The van der Waals surface area contributed by atoms with E-state index in [0.29, 0.717) is 16.9 Å². The summed E-state index contributed by atoms with van der Waals surface area (Å²) < 4.78 is 30.9. The van der Waals surface area contributed by atoms with Gasteiger partial charge in [-0.15, -0.1) is 0 Å². The number of nitrogens with zero attached hydrogens (tertiary/aromatic N) is 3. The number of imidazole rings is 1. The van der Waals surface area contributed by atoms with Gasteiger partial charge in [0, 0.05) is 24.2 Å². The third-order valence-electron chi connectivity index (χ3n) is 5.72. The van der Waals surface area contributed by atoms with E-state index in [9.17, 15) is 13.6 Å². The number of halogens is 2. The van der Waals surface area contributed by atoms with Crippen molar-refractivity contribution >= 4 is 23.0 Å². The van der Waals surface area contributed by atoms with Crippen LogP contribution in [-0.4, -0.2) is 45.2 Å². The highest BCUT2D eigenvalue weighted by Crippen LogP contribution is 2.34. The molecule has 162 valence electrons. The third kappa shape index (κ3) is 4.22. The normalized spacial score (nSPS) is 17.5. The number of likely N-dealkylation sites (tertiary alicyclic amines) is 1. The molecule has 0 aliphatic carbocycles. The monoisotopic (exact) mass is 426 g/mol. The van der Waals surface area contributed by atoms with Crippen molar-refractivity contribution in [2.75, 3.05) is 19.6 Å². The van der Waals surface area contributed by atoms with Gasteiger partial charge in [-0.3, -0.25) is 10.0 Å². The minimum atomic E-state index is -0.893. The molecular weight excluding hydrogens is 402 g/mol. The number of carbonyl (C=O) groups is 1. The van der Waals surface area contributed by atoms with Crippen molar-refractivity contribution in [3.8, 4) is 11.4 Å². The number of hydroxylamine groups is 1. The van der Waals surface area contributed by atoms with Crippen molar-refractivity contribution in [1.29, 1.82) is 0 Å². The van der Waals surface area contributed by atoms with E-state index in [1.54, 1.807) is 17.6 Å². The first-order chi connectivity index (χ1) is 15.0. The van der Waals surface area contributed by atoms with E-state index in [2.05, 4.69) is 16.8 Å². The lowest BCUT2D eigenvalue weighted by atomic mass is 10.0. The Kier molecular flexibility index (Phi) is 6.11. The van der Waals surface area contributed by atoms with Crippen LogP contribution in [0.2, 0.25) is 0 Å². The lowest BCUT2D eigenvalue weighted by molar-refractivity contribution is -0.124. The summed E-state index contributed by atoms with van der Waals surface area (Å²) in [7, 11) is 0. The van der Waals surface area contributed by atoms with Gasteiger partial charge in [0.1, 0.15) is 11.3 Å². The molecule has 3 aromatic rings. The number of likely N-dealkylation sites (N-methyl/N-ethyl adjacent to an activating group) is 1. The summed E-state index contributed by atoms with van der Waals surface area (Å²) >= 11 is 0. The summed E-state index contributed by atoms with van der Waals surface area (Å²) in [5.74, 6) is -1.86. The SMILES string of the molecule is CCN1CCC[C@@H](n2c(-c3cccc(C=CC(=O)NO)c3)nc3ccc(F)c(F)c32)C1. The van der Waals surface area contributed by atoms with Gasteiger partial charge in [-0.1, -0.05) is 25.1 Å². The molecule has 1 saturated heterocycles. The molecular formula is C23H24F2N4O2. The number of carbonyl (C=O) groups excluding carboxylic acids is 1. The van der Waals surface area contributed by atoms with Crippen LogP contribution in [0.25, 0.3) is 28.5 Å². The highest BCUT2D eigenvalue weighted by molar-refractivity contribution is 5.91. The summed E-state index contributed by atoms with van der Waals surface area (Å²) in [6, 6.07) is 9.87. The first kappa shape index (κ1) is 21.1. The lowest BCUT2D eigenvalue weighted by Crippen LogP contribution is -2.36. The molecule has 1 atom stereocenters. The van der Waals surface area contributed by atoms with Crippen molar-refractivity contribution in [3.63, 3.8) is 0 Å². The van der Waals surface area contributed by atoms with Crippen LogP contribution in [0.15, 0.2) is 42.5 Å². The molecule has 2 heterocycles. The molecule has 2 aromatic carbocycles. The Bertz CT molecular complexity index is 1140. The van der Waals surface area contributed by atoms with Crippen molar-refractivity contribution in [1.82, 2.24) is 19.9 Å². The predicted molar refractivity (Wildman–Crippen MR) is 114 cm³/mol. The molecule has 1 aliphatic heterocycles. The summed E-state index contributed by atoms with van der Waals surface area (Å²) in [6.07, 6.45) is 4.58.